The monoisotopic (exact) mass is 198 g/mol. The fourth-order valence-corrected chi connectivity index (χ4v) is 2.45. The Balaban J connectivity index is 1.91. The summed E-state index contributed by atoms with van der Waals surface area (Å²) < 4.78 is 0. The molecular weight excluding hydrogens is 184 g/mol. The minimum absolute atomic E-state index is 0.124. The van der Waals surface area contributed by atoms with Crippen LogP contribution in [0.5, 0.6) is 0 Å². The molecule has 1 aromatic rings. The molecule has 0 aliphatic carbocycles. The summed E-state index contributed by atoms with van der Waals surface area (Å²) in [5.74, 6) is 0. The third kappa shape index (κ3) is 2.27. The number of thiazole rings is 1. The van der Waals surface area contributed by atoms with Crippen LogP contribution in [0, 0.1) is 6.92 Å². The first-order chi connectivity index (χ1) is 6.24. The second-order valence-electron chi connectivity index (χ2n) is 3.54. The van der Waals surface area contributed by atoms with Crippen LogP contribution in [-0.4, -0.2) is 34.2 Å². The summed E-state index contributed by atoms with van der Waals surface area (Å²) in [7, 11) is 0. The van der Waals surface area contributed by atoms with Crippen LogP contribution in [0.3, 0.4) is 0 Å². The molecule has 1 aromatic heterocycles. The molecule has 72 valence electrons. The van der Waals surface area contributed by atoms with E-state index in [0.717, 1.165) is 31.1 Å². The maximum absolute atomic E-state index is 9.32. The Morgan fingerprint density at radius 1 is 1.77 bits per heavy atom. The van der Waals surface area contributed by atoms with E-state index in [9.17, 15) is 5.11 Å². The molecule has 0 spiro atoms. The molecule has 4 heteroatoms. The summed E-state index contributed by atoms with van der Waals surface area (Å²) in [5.41, 5.74) is 0. The largest absolute Gasteiger partial charge is 0.392 e. The highest BCUT2D eigenvalue weighted by Gasteiger charge is 2.20. The van der Waals surface area contributed by atoms with Crippen molar-refractivity contribution in [2.75, 3.05) is 13.1 Å². The van der Waals surface area contributed by atoms with Gasteiger partial charge in [-0.15, -0.1) is 11.3 Å². The highest BCUT2D eigenvalue weighted by atomic mass is 32.1. The predicted octanol–water partition coefficient (Wildman–Crippen LogP) is 1.02. The lowest BCUT2D eigenvalue weighted by Crippen LogP contribution is -2.21. The van der Waals surface area contributed by atoms with Gasteiger partial charge in [0.05, 0.1) is 12.6 Å². The molecule has 1 saturated heterocycles. The van der Waals surface area contributed by atoms with Gasteiger partial charge in [0.2, 0.25) is 0 Å². The number of hydrogen-bond acceptors (Lipinski definition) is 4. The first-order valence-corrected chi connectivity index (χ1v) is 5.37. The van der Waals surface area contributed by atoms with Crippen LogP contribution in [0.15, 0.2) is 6.20 Å². The van der Waals surface area contributed by atoms with Crippen LogP contribution in [0.2, 0.25) is 0 Å². The Labute approximate surface area is 82.0 Å². The molecule has 0 amide bonds. The molecule has 1 aliphatic heterocycles. The average molecular weight is 198 g/mol. The number of likely N-dealkylation sites (tertiary alicyclic amines) is 1. The average Bonchev–Trinajstić information content (AvgIpc) is 2.62. The second kappa shape index (κ2) is 3.74. The molecule has 0 bridgehead atoms. The van der Waals surface area contributed by atoms with E-state index in [4.69, 9.17) is 0 Å². The second-order valence-corrected chi connectivity index (χ2v) is 4.86. The Bertz CT molecular complexity index is 287. The molecule has 1 fully saturated rings. The summed E-state index contributed by atoms with van der Waals surface area (Å²) in [4.78, 5) is 7.81. The van der Waals surface area contributed by atoms with Gasteiger partial charge in [-0.3, -0.25) is 4.90 Å². The number of aliphatic hydroxyl groups excluding tert-OH is 1. The van der Waals surface area contributed by atoms with Crippen molar-refractivity contribution >= 4 is 11.3 Å². The van der Waals surface area contributed by atoms with E-state index in [0.29, 0.717) is 0 Å². The van der Waals surface area contributed by atoms with E-state index in [1.807, 2.05) is 6.20 Å². The molecule has 0 saturated carbocycles. The fourth-order valence-electron chi connectivity index (χ4n) is 1.62. The van der Waals surface area contributed by atoms with Crippen molar-refractivity contribution in [2.45, 2.75) is 26.0 Å². The molecule has 1 unspecified atom stereocenters. The summed E-state index contributed by atoms with van der Waals surface area (Å²) in [6, 6.07) is 0. The van der Waals surface area contributed by atoms with Crippen LogP contribution in [0.4, 0.5) is 0 Å². The summed E-state index contributed by atoms with van der Waals surface area (Å²) in [6.07, 6.45) is 2.69. The first kappa shape index (κ1) is 9.12. The smallest absolute Gasteiger partial charge is 0.107 e. The van der Waals surface area contributed by atoms with Crippen LogP contribution in [-0.2, 0) is 6.54 Å². The van der Waals surface area contributed by atoms with Crippen LogP contribution >= 0.6 is 11.3 Å². The molecule has 0 radical (unpaired) electrons. The summed E-state index contributed by atoms with van der Waals surface area (Å²) in [5, 5.41) is 10.5. The fraction of sp³-hybridized carbons (Fsp3) is 0.667. The van der Waals surface area contributed by atoms with Gasteiger partial charge in [-0.2, -0.15) is 0 Å². The van der Waals surface area contributed by atoms with Gasteiger partial charge in [-0.05, 0) is 13.3 Å². The Morgan fingerprint density at radius 2 is 2.62 bits per heavy atom. The standard InChI is InChI=1S/C9H14N2OS/c1-7-4-10-9(13-7)6-11-3-2-8(12)5-11/h4,8,12H,2-3,5-6H2,1H3. The Kier molecular flexibility index (Phi) is 2.62. The molecule has 0 aromatic carbocycles. The van der Waals surface area contributed by atoms with Crippen molar-refractivity contribution in [1.82, 2.24) is 9.88 Å². The maximum Gasteiger partial charge on any atom is 0.107 e. The van der Waals surface area contributed by atoms with Crippen molar-refractivity contribution in [3.63, 3.8) is 0 Å². The maximum atomic E-state index is 9.32. The van der Waals surface area contributed by atoms with E-state index < -0.39 is 0 Å². The van der Waals surface area contributed by atoms with Gasteiger partial charge in [0, 0.05) is 24.2 Å². The zero-order valence-corrected chi connectivity index (χ0v) is 8.55. The van der Waals surface area contributed by atoms with Crippen LogP contribution in [0.1, 0.15) is 16.3 Å². The number of aryl methyl sites for hydroxylation is 1. The van der Waals surface area contributed by atoms with Gasteiger partial charge in [-0.25, -0.2) is 4.98 Å². The van der Waals surface area contributed by atoms with Gasteiger partial charge in [0.1, 0.15) is 5.01 Å². The molecule has 13 heavy (non-hydrogen) atoms. The molecule has 1 N–H and O–H groups in total. The lowest BCUT2D eigenvalue weighted by atomic mass is 10.3. The van der Waals surface area contributed by atoms with E-state index in [1.165, 1.54) is 4.88 Å². The number of rotatable bonds is 2. The zero-order valence-electron chi connectivity index (χ0n) is 7.73. The third-order valence-electron chi connectivity index (χ3n) is 2.28. The van der Waals surface area contributed by atoms with Crippen molar-refractivity contribution in [3.8, 4) is 0 Å². The van der Waals surface area contributed by atoms with E-state index in [-0.39, 0.29) is 6.10 Å². The van der Waals surface area contributed by atoms with E-state index in [1.54, 1.807) is 11.3 Å². The Morgan fingerprint density at radius 3 is 3.15 bits per heavy atom. The number of β-amino-alcohol motifs (C(OH)–C–C–N with tert-alkyl or cyclic N) is 1. The number of aliphatic hydroxyl groups is 1. The first-order valence-electron chi connectivity index (χ1n) is 4.56. The lowest BCUT2D eigenvalue weighted by Gasteiger charge is -2.11. The number of hydrogen-bond donors (Lipinski definition) is 1. The quantitative estimate of drug-likeness (QED) is 0.770. The summed E-state index contributed by atoms with van der Waals surface area (Å²) in [6.45, 7) is 4.77. The van der Waals surface area contributed by atoms with Crippen molar-refractivity contribution in [3.05, 3.63) is 16.1 Å². The highest BCUT2D eigenvalue weighted by Crippen LogP contribution is 2.17. The molecule has 2 heterocycles. The van der Waals surface area contributed by atoms with Gasteiger partial charge in [-0.1, -0.05) is 0 Å². The topological polar surface area (TPSA) is 36.4 Å². The summed E-state index contributed by atoms with van der Waals surface area (Å²) >= 11 is 1.74. The molecule has 1 aliphatic rings. The lowest BCUT2D eigenvalue weighted by molar-refractivity contribution is 0.175. The minimum Gasteiger partial charge on any atom is -0.392 e. The van der Waals surface area contributed by atoms with Crippen molar-refractivity contribution < 1.29 is 5.11 Å². The van der Waals surface area contributed by atoms with Gasteiger partial charge >= 0.3 is 0 Å². The number of nitrogens with zero attached hydrogens (tertiary/aromatic N) is 2. The molecule has 2 rings (SSSR count). The molecular formula is C9H14N2OS. The number of aromatic nitrogens is 1. The highest BCUT2D eigenvalue weighted by molar-refractivity contribution is 7.11. The minimum atomic E-state index is -0.124. The van der Waals surface area contributed by atoms with Gasteiger partial charge in [0.15, 0.2) is 0 Å². The third-order valence-corrected chi connectivity index (χ3v) is 3.17. The SMILES string of the molecule is Cc1cnc(CN2CCC(O)C2)s1. The van der Waals surface area contributed by atoms with Crippen molar-refractivity contribution in [1.29, 1.82) is 0 Å². The van der Waals surface area contributed by atoms with E-state index >= 15 is 0 Å². The van der Waals surface area contributed by atoms with E-state index in [2.05, 4.69) is 16.8 Å². The molecule has 1 atom stereocenters. The van der Waals surface area contributed by atoms with Gasteiger partial charge < -0.3 is 5.11 Å². The van der Waals surface area contributed by atoms with Gasteiger partial charge in [0.25, 0.3) is 0 Å². The molecule has 3 nitrogen and oxygen atoms in total. The van der Waals surface area contributed by atoms with Crippen LogP contribution in [0.25, 0.3) is 0 Å². The Hall–Kier alpha value is -0.450. The van der Waals surface area contributed by atoms with Crippen molar-refractivity contribution in [2.24, 2.45) is 0 Å². The zero-order chi connectivity index (χ0) is 9.26. The normalized spacial score (nSPS) is 24.0. The predicted molar refractivity (Wildman–Crippen MR) is 52.8 cm³/mol. The van der Waals surface area contributed by atoms with Crippen LogP contribution < -0.4 is 0 Å².